The van der Waals surface area contributed by atoms with Gasteiger partial charge in [-0.05, 0) is 75.8 Å². The average molecular weight is 640 g/mol. The molecule has 7 aromatic rings. The fourth-order valence-electron chi connectivity index (χ4n) is 6.16. The van der Waals surface area contributed by atoms with Crippen LogP contribution >= 0.6 is 0 Å². The third-order valence-electron chi connectivity index (χ3n) is 8.65. The van der Waals surface area contributed by atoms with E-state index in [0.717, 1.165) is 45.0 Å². The molecule has 0 unspecified atom stereocenters. The molecule has 1 aromatic heterocycles. The predicted molar refractivity (Wildman–Crippen MR) is 197 cm³/mol. The van der Waals surface area contributed by atoms with E-state index in [4.69, 9.17) is 14.5 Å². The van der Waals surface area contributed by atoms with E-state index in [9.17, 15) is 5.11 Å². The van der Waals surface area contributed by atoms with Crippen molar-refractivity contribution in [3.63, 3.8) is 0 Å². The number of hydrogen-bond acceptors (Lipinski definition) is 6. The highest BCUT2D eigenvalue weighted by Crippen LogP contribution is 2.42. The summed E-state index contributed by atoms with van der Waals surface area (Å²) >= 11 is 0. The van der Waals surface area contributed by atoms with Gasteiger partial charge in [0.25, 0.3) is 0 Å². The van der Waals surface area contributed by atoms with Crippen molar-refractivity contribution in [3.8, 4) is 62.3 Å². The highest BCUT2D eigenvalue weighted by Gasteiger charge is 2.26. The Morgan fingerprint density at radius 1 is 0.510 bits per heavy atom. The molecule has 0 fully saturated rings. The van der Waals surface area contributed by atoms with Crippen molar-refractivity contribution in [1.29, 1.82) is 0 Å². The molecule has 6 heteroatoms. The van der Waals surface area contributed by atoms with Gasteiger partial charge in [0.1, 0.15) is 17.3 Å². The number of nitrogens with zero attached hydrogens (tertiary/aromatic N) is 3. The number of hydrogen-bond donors (Lipinski definition) is 1. The number of ether oxygens (including phenoxy) is 2. The molecule has 0 spiro atoms. The van der Waals surface area contributed by atoms with Crippen LogP contribution in [-0.2, 0) is 0 Å². The number of aromatic hydroxyl groups is 1. The molecule has 0 saturated heterocycles. The Kier molecular flexibility index (Phi) is 7.88. The maximum Gasteiger partial charge on any atom is 0.221 e. The maximum atomic E-state index is 10.6. The summed E-state index contributed by atoms with van der Waals surface area (Å²) in [5.74, 6) is 2.74. The zero-order valence-corrected chi connectivity index (χ0v) is 26.9. The Balaban J connectivity index is 1.12. The van der Waals surface area contributed by atoms with E-state index < -0.39 is 0 Å². The molecule has 2 heterocycles. The second-order valence-corrected chi connectivity index (χ2v) is 12.0. The summed E-state index contributed by atoms with van der Waals surface area (Å²) in [4.78, 5) is 9.41. The summed E-state index contributed by atoms with van der Waals surface area (Å²) in [7, 11) is 2.08. The van der Waals surface area contributed by atoms with Crippen molar-refractivity contribution in [2.45, 2.75) is 0 Å². The number of pyridine rings is 1. The SMILES string of the molecule is CN1CN(c2cc(-c3ccc(-c4ccccc4)cc3)cc(Oc3cccc(Oc4cc(-c5ccccc5)ccc4O)c3)n2)c2ccccc21. The Morgan fingerprint density at radius 3 is 1.80 bits per heavy atom. The largest absolute Gasteiger partial charge is 0.504 e. The van der Waals surface area contributed by atoms with E-state index >= 15 is 0 Å². The second kappa shape index (κ2) is 12.9. The van der Waals surface area contributed by atoms with E-state index in [1.165, 1.54) is 5.56 Å². The first kappa shape index (κ1) is 29.8. The highest BCUT2D eigenvalue weighted by atomic mass is 16.5. The van der Waals surface area contributed by atoms with Crippen molar-refractivity contribution in [3.05, 3.63) is 164 Å². The summed E-state index contributed by atoms with van der Waals surface area (Å²) < 4.78 is 12.6. The minimum absolute atomic E-state index is 0.0548. The van der Waals surface area contributed by atoms with E-state index in [-0.39, 0.29) is 5.75 Å². The van der Waals surface area contributed by atoms with Crippen LogP contribution in [0.5, 0.6) is 28.9 Å². The van der Waals surface area contributed by atoms with Gasteiger partial charge in [-0.3, -0.25) is 0 Å². The van der Waals surface area contributed by atoms with E-state index in [2.05, 4.69) is 89.6 Å². The molecule has 0 radical (unpaired) electrons. The first-order valence-electron chi connectivity index (χ1n) is 16.2. The number of phenols is 1. The molecular formula is C43H33N3O3. The molecule has 0 aliphatic carbocycles. The summed E-state index contributed by atoms with van der Waals surface area (Å²) in [6.45, 7) is 0.664. The molecule has 0 bridgehead atoms. The van der Waals surface area contributed by atoms with E-state index in [1.807, 2.05) is 78.9 Å². The lowest BCUT2D eigenvalue weighted by Crippen LogP contribution is -2.24. The minimum atomic E-state index is 0.0548. The van der Waals surface area contributed by atoms with Crippen molar-refractivity contribution in [1.82, 2.24) is 4.98 Å². The predicted octanol–water partition coefficient (Wildman–Crippen LogP) is 10.9. The first-order chi connectivity index (χ1) is 24.1. The zero-order chi connectivity index (χ0) is 33.2. The van der Waals surface area contributed by atoms with Gasteiger partial charge >= 0.3 is 0 Å². The van der Waals surface area contributed by atoms with Gasteiger partial charge in [0.15, 0.2) is 11.5 Å². The van der Waals surface area contributed by atoms with E-state index in [1.54, 1.807) is 12.1 Å². The average Bonchev–Trinajstić information content (AvgIpc) is 3.49. The van der Waals surface area contributed by atoms with Crippen LogP contribution in [-0.4, -0.2) is 23.8 Å². The van der Waals surface area contributed by atoms with Crippen LogP contribution in [0.3, 0.4) is 0 Å². The molecule has 0 atom stereocenters. The lowest BCUT2D eigenvalue weighted by molar-refractivity contribution is 0.408. The summed E-state index contributed by atoms with van der Waals surface area (Å²) in [6, 6.07) is 54.1. The van der Waals surface area contributed by atoms with Crippen LogP contribution in [0.2, 0.25) is 0 Å². The van der Waals surface area contributed by atoms with Crippen LogP contribution in [0.1, 0.15) is 0 Å². The standard InChI is InChI=1S/C43H33N3O3/c1-45-29-46(39-18-9-8-17-38(39)45)42-26-35(33-21-19-32(20-22-33)30-11-4-2-5-12-30)27-43(44-42)49-37-16-10-15-36(28-37)48-41-25-34(23-24-40(41)47)31-13-6-3-7-14-31/h2-28,47H,29H2,1H3. The van der Waals surface area contributed by atoms with Gasteiger partial charge in [-0.1, -0.05) is 109 Å². The topological polar surface area (TPSA) is 58.1 Å². The Labute approximate surface area is 285 Å². The van der Waals surface area contributed by atoms with Crippen molar-refractivity contribution < 1.29 is 14.6 Å². The van der Waals surface area contributed by atoms with Gasteiger partial charge in [0.05, 0.1) is 18.0 Å². The molecule has 1 aliphatic heterocycles. The third-order valence-corrected chi connectivity index (χ3v) is 8.65. The normalized spacial score (nSPS) is 12.1. The highest BCUT2D eigenvalue weighted by molar-refractivity contribution is 5.83. The summed E-state index contributed by atoms with van der Waals surface area (Å²) in [5, 5.41) is 10.6. The molecule has 1 N–H and O–H groups in total. The number of anilines is 3. The van der Waals surface area contributed by atoms with Crippen LogP contribution < -0.4 is 19.3 Å². The number of benzene rings is 6. The van der Waals surface area contributed by atoms with Crippen LogP contribution in [0, 0.1) is 0 Å². The maximum absolute atomic E-state index is 10.6. The lowest BCUT2D eigenvalue weighted by atomic mass is 10.0. The minimum Gasteiger partial charge on any atom is -0.504 e. The van der Waals surface area contributed by atoms with Crippen LogP contribution in [0.15, 0.2) is 164 Å². The quantitative estimate of drug-likeness (QED) is 0.179. The first-order valence-corrected chi connectivity index (χ1v) is 16.2. The number of phenolic OH excluding ortho intramolecular Hbond substituents is 1. The fourth-order valence-corrected chi connectivity index (χ4v) is 6.16. The molecule has 1 aliphatic rings. The molecule has 0 saturated carbocycles. The smallest absolute Gasteiger partial charge is 0.221 e. The van der Waals surface area contributed by atoms with Gasteiger partial charge in [0.2, 0.25) is 5.88 Å². The lowest BCUT2D eigenvalue weighted by Gasteiger charge is -2.20. The molecule has 6 nitrogen and oxygen atoms in total. The monoisotopic (exact) mass is 639 g/mol. The second-order valence-electron chi connectivity index (χ2n) is 12.0. The Hall–Kier alpha value is -6.53. The molecule has 49 heavy (non-hydrogen) atoms. The molecular weight excluding hydrogens is 606 g/mol. The van der Waals surface area contributed by atoms with Crippen LogP contribution in [0.25, 0.3) is 33.4 Å². The number of aromatic nitrogens is 1. The van der Waals surface area contributed by atoms with Crippen LogP contribution in [0.4, 0.5) is 17.2 Å². The Bertz CT molecular complexity index is 2240. The van der Waals surface area contributed by atoms with Gasteiger partial charge in [-0.2, -0.15) is 4.98 Å². The Morgan fingerprint density at radius 2 is 1.08 bits per heavy atom. The van der Waals surface area contributed by atoms with Gasteiger partial charge in [-0.15, -0.1) is 0 Å². The van der Waals surface area contributed by atoms with Crippen molar-refractivity contribution in [2.75, 3.05) is 23.5 Å². The summed E-state index contributed by atoms with van der Waals surface area (Å²) in [5.41, 5.74) is 8.59. The third kappa shape index (κ3) is 6.27. The van der Waals surface area contributed by atoms with Crippen molar-refractivity contribution >= 4 is 17.2 Å². The van der Waals surface area contributed by atoms with E-state index in [0.29, 0.717) is 29.8 Å². The molecule has 238 valence electrons. The number of rotatable bonds is 8. The van der Waals surface area contributed by atoms with Gasteiger partial charge in [0, 0.05) is 19.2 Å². The summed E-state index contributed by atoms with van der Waals surface area (Å²) in [6.07, 6.45) is 0. The van der Waals surface area contributed by atoms with Gasteiger partial charge in [-0.25, -0.2) is 0 Å². The number of para-hydroxylation sites is 2. The van der Waals surface area contributed by atoms with Crippen molar-refractivity contribution in [2.24, 2.45) is 0 Å². The molecule has 6 aromatic carbocycles. The van der Waals surface area contributed by atoms with Gasteiger partial charge < -0.3 is 24.4 Å². The number of fused-ring (bicyclic) bond motifs is 1. The zero-order valence-electron chi connectivity index (χ0n) is 26.9. The fraction of sp³-hybridized carbons (Fsp3) is 0.0465. The molecule has 0 amide bonds. The molecule has 8 rings (SSSR count).